The predicted molar refractivity (Wildman–Crippen MR) is 109 cm³/mol. The summed E-state index contributed by atoms with van der Waals surface area (Å²) in [6, 6.07) is 14.7. The van der Waals surface area contributed by atoms with E-state index in [1.165, 1.54) is 10.8 Å². The second-order valence-corrected chi connectivity index (χ2v) is 8.31. The highest BCUT2D eigenvalue weighted by atomic mass is 16.4. The number of carbonyl (C=O) groups excluding carboxylic acids is 1. The number of nitrogens with zero attached hydrogens (tertiary/aromatic N) is 2. The van der Waals surface area contributed by atoms with Gasteiger partial charge in [0.1, 0.15) is 5.76 Å². The van der Waals surface area contributed by atoms with Gasteiger partial charge in [0.15, 0.2) is 0 Å². The smallest absolute Gasteiger partial charge is 0.226 e. The lowest BCUT2D eigenvalue weighted by molar-refractivity contribution is -0.119. The van der Waals surface area contributed by atoms with Crippen molar-refractivity contribution >= 4 is 16.7 Å². The molecule has 3 aromatic rings. The number of oxazole rings is 1. The Balaban J connectivity index is 1.30. The van der Waals surface area contributed by atoms with Crippen LogP contribution in [-0.2, 0) is 11.3 Å². The first-order valence-corrected chi connectivity index (χ1v) is 10.0. The lowest BCUT2D eigenvalue weighted by Gasteiger charge is -2.37. The summed E-state index contributed by atoms with van der Waals surface area (Å²) in [5, 5.41) is 5.42. The molecule has 5 rings (SSSR count). The topological polar surface area (TPSA) is 58.4 Å². The summed E-state index contributed by atoms with van der Waals surface area (Å²) >= 11 is 0. The number of nitrogens with one attached hydrogen (secondary N) is 1. The van der Waals surface area contributed by atoms with Gasteiger partial charge in [0, 0.05) is 25.1 Å². The number of amides is 1. The molecule has 0 saturated carbocycles. The minimum Gasteiger partial charge on any atom is -0.441 e. The van der Waals surface area contributed by atoms with E-state index < -0.39 is 0 Å². The molecule has 0 unspecified atom stereocenters. The van der Waals surface area contributed by atoms with Crippen molar-refractivity contribution in [3.8, 4) is 11.5 Å². The average molecular weight is 375 g/mol. The molecule has 5 nitrogen and oxygen atoms in total. The van der Waals surface area contributed by atoms with Crippen molar-refractivity contribution < 1.29 is 9.21 Å². The van der Waals surface area contributed by atoms with Crippen LogP contribution in [0.3, 0.4) is 0 Å². The van der Waals surface area contributed by atoms with Crippen molar-refractivity contribution in [2.24, 2.45) is 5.41 Å². The zero-order chi connectivity index (χ0) is 19.1. The van der Waals surface area contributed by atoms with Crippen molar-refractivity contribution in [3.63, 3.8) is 0 Å². The van der Waals surface area contributed by atoms with Gasteiger partial charge in [0.2, 0.25) is 11.8 Å². The predicted octanol–water partition coefficient (Wildman–Crippen LogP) is 3.91. The van der Waals surface area contributed by atoms with Crippen LogP contribution in [0.4, 0.5) is 0 Å². The number of piperidine rings is 1. The summed E-state index contributed by atoms with van der Waals surface area (Å²) in [6.45, 7) is 5.66. The molecule has 0 aliphatic carbocycles. The maximum atomic E-state index is 11.6. The van der Waals surface area contributed by atoms with Gasteiger partial charge in [0.05, 0.1) is 5.69 Å². The van der Waals surface area contributed by atoms with Gasteiger partial charge in [-0.15, -0.1) is 0 Å². The molecule has 2 saturated heterocycles. The Morgan fingerprint density at radius 3 is 2.68 bits per heavy atom. The minimum absolute atomic E-state index is 0.183. The van der Waals surface area contributed by atoms with Crippen LogP contribution >= 0.6 is 0 Å². The summed E-state index contributed by atoms with van der Waals surface area (Å²) in [4.78, 5) is 18.8. The van der Waals surface area contributed by atoms with Gasteiger partial charge in [-0.2, -0.15) is 0 Å². The first-order chi connectivity index (χ1) is 13.6. The molecule has 0 atom stereocenters. The van der Waals surface area contributed by atoms with E-state index in [0.29, 0.717) is 12.3 Å². The van der Waals surface area contributed by atoms with Gasteiger partial charge in [-0.3, -0.25) is 9.69 Å². The molecule has 2 aliphatic heterocycles. The molecule has 144 valence electrons. The molecule has 1 amide bonds. The molecule has 28 heavy (non-hydrogen) atoms. The first-order valence-electron chi connectivity index (χ1n) is 10.0. The normalized spacial score (nSPS) is 19.4. The molecule has 0 bridgehead atoms. The fourth-order valence-corrected chi connectivity index (χ4v) is 4.52. The molecule has 3 heterocycles. The Morgan fingerprint density at radius 1 is 1.14 bits per heavy atom. The number of carbonyl (C=O) groups is 1. The number of rotatable bonds is 3. The molecule has 5 heteroatoms. The molecule has 2 aromatic carbocycles. The summed E-state index contributed by atoms with van der Waals surface area (Å²) in [5.41, 5.74) is 2.21. The first kappa shape index (κ1) is 17.4. The Hall–Kier alpha value is -2.66. The third-order valence-electron chi connectivity index (χ3n) is 6.38. The number of hydrogen-bond donors (Lipinski definition) is 1. The van der Waals surface area contributed by atoms with Crippen LogP contribution in [0.1, 0.15) is 30.7 Å². The quantitative estimate of drug-likeness (QED) is 0.754. The zero-order valence-electron chi connectivity index (χ0n) is 16.2. The number of aryl methyl sites for hydroxylation is 1. The molecule has 1 aromatic heterocycles. The summed E-state index contributed by atoms with van der Waals surface area (Å²) in [7, 11) is 0. The average Bonchev–Trinajstić information content (AvgIpc) is 3.26. The van der Waals surface area contributed by atoms with Gasteiger partial charge in [-0.05, 0) is 61.2 Å². The van der Waals surface area contributed by atoms with Crippen LogP contribution in [0.25, 0.3) is 22.2 Å². The number of hydrogen-bond acceptors (Lipinski definition) is 4. The fraction of sp³-hybridized carbons (Fsp3) is 0.391. The van der Waals surface area contributed by atoms with Crippen molar-refractivity contribution in [2.75, 3.05) is 19.6 Å². The van der Waals surface area contributed by atoms with E-state index in [0.717, 1.165) is 56.0 Å². The van der Waals surface area contributed by atoms with E-state index in [1.807, 2.05) is 6.92 Å². The second kappa shape index (κ2) is 6.74. The third-order valence-corrected chi connectivity index (χ3v) is 6.38. The highest BCUT2D eigenvalue weighted by Gasteiger charge is 2.40. The van der Waals surface area contributed by atoms with Gasteiger partial charge in [0.25, 0.3) is 0 Å². The van der Waals surface area contributed by atoms with E-state index in [2.05, 4.69) is 52.7 Å². The van der Waals surface area contributed by atoms with Gasteiger partial charge in [-0.25, -0.2) is 4.98 Å². The number of aromatic nitrogens is 1. The SMILES string of the molecule is Cc1oc(-c2ccc3ccccc3c2)nc1CN1CCC2(CC1)CNC(=O)C2. The van der Waals surface area contributed by atoms with Crippen LogP contribution in [0.15, 0.2) is 46.9 Å². The Bertz CT molecular complexity index is 1030. The van der Waals surface area contributed by atoms with Crippen molar-refractivity contribution in [2.45, 2.75) is 32.7 Å². The van der Waals surface area contributed by atoms with Crippen molar-refractivity contribution in [1.82, 2.24) is 15.2 Å². The lowest BCUT2D eigenvalue weighted by Crippen LogP contribution is -2.40. The largest absolute Gasteiger partial charge is 0.441 e. The fourth-order valence-electron chi connectivity index (χ4n) is 4.52. The Kier molecular flexibility index (Phi) is 4.20. The van der Waals surface area contributed by atoms with Crippen LogP contribution in [-0.4, -0.2) is 35.4 Å². The van der Waals surface area contributed by atoms with Crippen LogP contribution in [0.2, 0.25) is 0 Å². The molecule has 0 radical (unpaired) electrons. The van der Waals surface area contributed by atoms with Gasteiger partial charge >= 0.3 is 0 Å². The maximum absolute atomic E-state index is 11.6. The molecule has 2 aliphatic rings. The molecule has 1 spiro atoms. The maximum Gasteiger partial charge on any atom is 0.226 e. The monoisotopic (exact) mass is 375 g/mol. The summed E-state index contributed by atoms with van der Waals surface area (Å²) in [5.74, 6) is 1.79. The van der Waals surface area contributed by atoms with Gasteiger partial charge < -0.3 is 9.73 Å². The van der Waals surface area contributed by atoms with Crippen LogP contribution < -0.4 is 5.32 Å². The number of fused-ring (bicyclic) bond motifs is 1. The van der Waals surface area contributed by atoms with Crippen LogP contribution in [0.5, 0.6) is 0 Å². The van der Waals surface area contributed by atoms with E-state index in [1.54, 1.807) is 0 Å². The third kappa shape index (κ3) is 3.20. The van der Waals surface area contributed by atoms with E-state index >= 15 is 0 Å². The highest BCUT2D eigenvalue weighted by molar-refractivity contribution is 5.86. The molecule has 1 N–H and O–H groups in total. The Morgan fingerprint density at radius 2 is 1.93 bits per heavy atom. The standard InChI is InChI=1S/C23H25N3O2/c1-16-20(14-26-10-8-23(9-11-26)13-21(27)24-15-23)25-22(28-16)19-7-6-17-4-2-3-5-18(17)12-19/h2-7,12H,8-11,13-15H2,1H3,(H,24,27). The van der Waals surface area contributed by atoms with Gasteiger partial charge in [-0.1, -0.05) is 30.3 Å². The van der Waals surface area contributed by atoms with Crippen LogP contribution in [0, 0.1) is 12.3 Å². The van der Waals surface area contributed by atoms with Crippen molar-refractivity contribution in [3.05, 3.63) is 53.9 Å². The zero-order valence-corrected chi connectivity index (χ0v) is 16.2. The van der Waals surface area contributed by atoms with E-state index in [-0.39, 0.29) is 11.3 Å². The highest BCUT2D eigenvalue weighted by Crippen LogP contribution is 2.38. The van der Waals surface area contributed by atoms with E-state index in [9.17, 15) is 4.79 Å². The lowest BCUT2D eigenvalue weighted by atomic mass is 9.77. The summed E-state index contributed by atoms with van der Waals surface area (Å²) < 4.78 is 6.01. The second-order valence-electron chi connectivity index (χ2n) is 8.31. The number of benzene rings is 2. The van der Waals surface area contributed by atoms with E-state index in [4.69, 9.17) is 9.40 Å². The molecule has 2 fully saturated rings. The van der Waals surface area contributed by atoms with Crippen molar-refractivity contribution in [1.29, 1.82) is 0 Å². The molecular weight excluding hydrogens is 350 g/mol. The summed E-state index contributed by atoms with van der Waals surface area (Å²) in [6.07, 6.45) is 2.83. The number of likely N-dealkylation sites (tertiary alicyclic amines) is 1. The Labute approximate surface area is 164 Å². The minimum atomic E-state index is 0.183. The molecular formula is C23H25N3O2.